The first kappa shape index (κ1) is 14.0. The number of benzene rings is 1. The van der Waals surface area contributed by atoms with E-state index in [-0.39, 0.29) is 29.1 Å². The molecule has 2 rings (SSSR count). The van der Waals surface area contributed by atoms with Crippen LogP contribution in [0, 0.1) is 22.9 Å². The molecule has 2 N–H and O–H groups in total. The Hall–Kier alpha value is -2.44. The maximum Gasteiger partial charge on any atom is 0.333 e. The van der Waals surface area contributed by atoms with E-state index >= 15 is 0 Å². The smallest absolute Gasteiger partial charge is 0.333 e. The molecule has 1 unspecified atom stereocenters. The Morgan fingerprint density at radius 2 is 2.25 bits per heavy atom. The van der Waals surface area contributed by atoms with E-state index in [2.05, 4.69) is 5.10 Å². The third kappa shape index (κ3) is 2.61. The number of hydrogen-bond acceptors (Lipinski definition) is 4. The Balaban J connectivity index is 2.28. The van der Waals surface area contributed by atoms with Crippen molar-refractivity contribution in [2.75, 3.05) is 5.73 Å². The molecule has 0 amide bonds. The standard InChI is InChI=1S/C13H15FN4O2/c1-8(6-10-4-3-5-11(14)7-10)17-13(15)12(18(19)20)9(2)16-17/h3-5,7-8H,6,15H2,1-2H3. The maximum absolute atomic E-state index is 13.1. The van der Waals surface area contributed by atoms with E-state index in [4.69, 9.17) is 5.73 Å². The Morgan fingerprint density at radius 1 is 1.55 bits per heavy atom. The number of anilines is 1. The number of aromatic nitrogens is 2. The Labute approximate surface area is 115 Å². The minimum atomic E-state index is -0.539. The molecule has 0 radical (unpaired) electrons. The van der Waals surface area contributed by atoms with E-state index in [9.17, 15) is 14.5 Å². The van der Waals surface area contributed by atoms with Gasteiger partial charge in [0.15, 0.2) is 0 Å². The zero-order valence-electron chi connectivity index (χ0n) is 11.2. The summed E-state index contributed by atoms with van der Waals surface area (Å²) in [4.78, 5) is 10.4. The summed E-state index contributed by atoms with van der Waals surface area (Å²) in [5, 5.41) is 15.0. The fraction of sp³-hybridized carbons (Fsp3) is 0.308. The van der Waals surface area contributed by atoms with E-state index < -0.39 is 4.92 Å². The van der Waals surface area contributed by atoms with Gasteiger partial charge in [-0.3, -0.25) is 10.1 Å². The van der Waals surface area contributed by atoms with Gasteiger partial charge in [0.25, 0.3) is 0 Å². The summed E-state index contributed by atoms with van der Waals surface area (Å²) < 4.78 is 14.6. The van der Waals surface area contributed by atoms with Gasteiger partial charge in [-0.2, -0.15) is 5.10 Å². The summed E-state index contributed by atoms with van der Waals surface area (Å²) >= 11 is 0. The molecule has 0 aliphatic carbocycles. The lowest BCUT2D eigenvalue weighted by atomic mass is 10.1. The highest BCUT2D eigenvalue weighted by molar-refractivity contribution is 5.56. The third-order valence-corrected chi connectivity index (χ3v) is 3.11. The van der Waals surface area contributed by atoms with Gasteiger partial charge in [0.05, 0.1) is 11.0 Å². The van der Waals surface area contributed by atoms with Gasteiger partial charge in [-0.1, -0.05) is 12.1 Å². The average Bonchev–Trinajstić information content (AvgIpc) is 2.64. The number of nitro groups is 1. The summed E-state index contributed by atoms with van der Waals surface area (Å²) in [7, 11) is 0. The van der Waals surface area contributed by atoms with Crippen LogP contribution >= 0.6 is 0 Å². The van der Waals surface area contributed by atoms with E-state index in [1.165, 1.54) is 16.8 Å². The van der Waals surface area contributed by atoms with Crippen LogP contribution in [0.4, 0.5) is 15.9 Å². The number of nitrogens with two attached hydrogens (primary N) is 1. The first-order valence-corrected chi connectivity index (χ1v) is 6.13. The molecule has 7 heteroatoms. The van der Waals surface area contributed by atoms with Crippen molar-refractivity contribution in [1.82, 2.24) is 9.78 Å². The van der Waals surface area contributed by atoms with Crippen LogP contribution in [0.15, 0.2) is 24.3 Å². The molecule has 1 aromatic heterocycles. The van der Waals surface area contributed by atoms with Gasteiger partial charge in [-0.05, 0) is 38.0 Å². The molecule has 20 heavy (non-hydrogen) atoms. The van der Waals surface area contributed by atoms with Gasteiger partial charge in [0.2, 0.25) is 5.82 Å². The second-order valence-corrected chi connectivity index (χ2v) is 4.70. The topological polar surface area (TPSA) is 87.0 Å². The Kier molecular flexibility index (Phi) is 3.69. The van der Waals surface area contributed by atoms with Gasteiger partial charge in [0.1, 0.15) is 11.5 Å². The highest BCUT2D eigenvalue weighted by Gasteiger charge is 2.25. The van der Waals surface area contributed by atoms with Crippen molar-refractivity contribution in [2.45, 2.75) is 26.3 Å². The molecule has 0 fully saturated rings. The first-order valence-electron chi connectivity index (χ1n) is 6.13. The van der Waals surface area contributed by atoms with Gasteiger partial charge >= 0.3 is 5.69 Å². The lowest BCUT2D eigenvalue weighted by Crippen LogP contribution is -2.13. The SMILES string of the molecule is Cc1nn(C(C)Cc2cccc(F)c2)c(N)c1[N+](=O)[O-]. The van der Waals surface area contributed by atoms with Crippen LogP contribution in [-0.2, 0) is 6.42 Å². The van der Waals surface area contributed by atoms with Crippen LogP contribution in [-0.4, -0.2) is 14.7 Å². The predicted octanol–water partition coefficient (Wildman–Crippen LogP) is 2.62. The Morgan fingerprint density at radius 3 is 2.80 bits per heavy atom. The first-order chi connectivity index (χ1) is 9.40. The van der Waals surface area contributed by atoms with E-state index in [1.54, 1.807) is 19.1 Å². The molecule has 0 aliphatic rings. The molecule has 1 atom stereocenters. The minimum absolute atomic E-state index is 0.0244. The van der Waals surface area contributed by atoms with Crippen LogP contribution in [0.1, 0.15) is 24.2 Å². The molecule has 106 valence electrons. The van der Waals surface area contributed by atoms with E-state index in [1.807, 2.05) is 6.92 Å². The fourth-order valence-electron chi connectivity index (χ4n) is 2.21. The van der Waals surface area contributed by atoms with Crippen LogP contribution in [0.25, 0.3) is 0 Å². The third-order valence-electron chi connectivity index (χ3n) is 3.11. The van der Waals surface area contributed by atoms with Gasteiger partial charge < -0.3 is 5.73 Å². The maximum atomic E-state index is 13.1. The highest BCUT2D eigenvalue weighted by atomic mass is 19.1. The predicted molar refractivity (Wildman–Crippen MR) is 72.8 cm³/mol. The van der Waals surface area contributed by atoms with Crippen LogP contribution in [0.5, 0.6) is 0 Å². The molecule has 2 aromatic rings. The second kappa shape index (κ2) is 5.28. The minimum Gasteiger partial charge on any atom is -0.378 e. The van der Waals surface area contributed by atoms with Crippen LogP contribution in [0.2, 0.25) is 0 Å². The molecule has 6 nitrogen and oxygen atoms in total. The molecule has 0 bridgehead atoms. The summed E-state index contributed by atoms with van der Waals surface area (Å²) in [6.45, 7) is 3.37. The molecule has 1 aromatic carbocycles. The van der Waals surface area contributed by atoms with Crippen molar-refractivity contribution < 1.29 is 9.31 Å². The number of nitrogen functional groups attached to an aromatic ring is 1. The van der Waals surface area contributed by atoms with Gasteiger partial charge in [0, 0.05) is 0 Å². The van der Waals surface area contributed by atoms with Crippen molar-refractivity contribution in [3.8, 4) is 0 Å². The lowest BCUT2D eigenvalue weighted by molar-refractivity contribution is -0.384. The highest BCUT2D eigenvalue weighted by Crippen LogP contribution is 2.28. The van der Waals surface area contributed by atoms with Crippen LogP contribution in [0.3, 0.4) is 0 Å². The van der Waals surface area contributed by atoms with E-state index in [0.29, 0.717) is 6.42 Å². The molecule has 0 saturated heterocycles. The van der Waals surface area contributed by atoms with Gasteiger partial charge in [-0.25, -0.2) is 9.07 Å². The largest absolute Gasteiger partial charge is 0.378 e. The summed E-state index contributed by atoms with van der Waals surface area (Å²) in [6, 6.07) is 6.00. The van der Waals surface area contributed by atoms with Crippen molar-refractivity contribution in [3.05, 3.63) is 51.5 Å². The summed E-state index contributed by atoms with van der Waals surface area (Å²) in [5.74, 6) is -0.290. The lowest BCUT2D eigenvalue weighted by Gasteiger charge is -2.13. The normalized spacial score (nSPS) is 12.3. The Bertz CT molecular complexity index is 654. The quantitative estimate of drug-likeness (QED) is 0.688. The number of nitrogens with zero attached hydrogens (tertiary/aromatic N) is 3. The monoisotopic (exact) mass is 278 g/mol. The summed E-state index contributed by atoms with van der Waals surface area (Å²) in [5.41, 5.74) is 6.67. The van der Waals surface area contributed by atoms with Crippen molar-refractivity contribution in [2.24, 2.45) is 0 Å². The molecule has 0 aliphatic heterocycles. The number of hydrogen-bond donors (Lipinski definition) is 1. The van der Waals surface area contributed by atoms with E-state index in [0.717, 1.165) is 5.56 Å². The van der Waals surface area contributed by atoms with Crippen LogP contribution < -0.4 is 5.73 Å². The number of halogens is 1. The number of aryl methyl sites for hydroxylation is 1. The fourth-order valence-corrected chi connectivity index (χ4v) is 2.21. The van der Waals surface area contributed by atoms with Crippen molar-refractivity contribution >= 4 is 11.5 Å². The second-order valence-electron chi connectivity index (χ2n) is 4.70. The van der Waals surface area contributed by atoms with Crippen molar-refractivity contribution in [1.29, 1.82) is 0 Å². The zero-order chi connectivity index (χ0) is 14.9. The zero-order valence-corrected chi connectivity index (χ0v) is 11.2. The molecule has 0 spiro atoms. The molecule has 1 heterocycles. The van der Waals surface area contributed by atoms with Gasteiger partial charge in [-0.15, -0.1) is 0 Å². The summed E-state index contributed by atoms with van der Waals surface area (Å²) in [6.07, 6.45) is 0.486. The average molecular weight is 278 g/mol. The number of rotatable bonds is 4. The molecular formula is C13H15FN4O2. The molecular weight excluding hydrogens is 263 g/mol. The van der Waals surface area contributed by atoms with Crippen molar-refractivity contribution in [3.63, 3.8) is 0 Å². The molecule has 0 saturated carbocycles.